The van der Waals surface area contributed by atoms with Crippen LogP contribution in [0.2, 0.25) is 0 Å². The minimum Gasteiger partial charge on any atom is -0.368 e. The molecule has 0 bridgehead atoms. The Bertz CT molecular complexity index is 519. The Hall–Kier alpha value is -1.70. The summed E-state index contributed by atoms with van der Waals surface area (Å²) < 4.78 is 72.5. The number of halogens is 6. The average Bonchev–Trinajstić information content (AvgIpc) is 2.72. The van der Waals surface area contributed by atoms with Crippen LogP contribution >= 0.6 is 23.6 Å². The molecule has 0 fully saturated rings. The zero-order valence-electron chi connectivity index (χ0n) is 9.00. The van der Waals surface area contributed by atoms with Gasteiger partial charge in [-0.25, -0.2) is 0 Å². The highest BCUT2D eigenvalue weighted by atomic mass is 32.1. The fraction of sp³-hybridized carbons (Fsp3) is 0.333. The minimum atomic E-state index is -4.78. The number of hydrogen-bond donors (Lipinski definition) is 3. The van der Waals surface area contributed by atoms with Crippen LogP contribution < -0.4 is 16.6 Å². The van der Waals surface area contributed by atoms with Crippen molar-refractivity contribution in [3.63, 3.8) is 0 Å². The molecule has 0 spiro atoms. The maximum absolute atomic E-state index is 12.2. The molecule has 1 heterocycles. The van der Waals surface area contributed by atoms with E-state index >= 15 is 0 Å². The van der Waals surface area contributed by atoms with Crippen LogP contribution in [0.3, 0.4) is 0 Å². The van der Waals surface area contributed by atoms with Gasteiger partial charge in [-0.1, -0.05) is 23.6 Å². The number of hydrazine groups is 1. The molecule has 0 aliphatic heterocycles. The van der Waals surface area contributed by atoms with Gasteiger partial charge in [0.25, 0.3) is 0 Å². The van der Waals surface area contributed by atoms with Crippen LogP contribution in [0.4, 0.5) is 31.5 Å². The summed E-state index contributed by atoms with van der Waals surface area (Å²) in [5.74, 6) is -0.665. The average molecular weight is 338 g/mol. The smallest absolute Gasteiger partial charge is 0.368 e. The Labute approximate surface area is 116 Å². The van der Waals surface area contributed by atoms with Crippen molar-refractivity contribution in [1.29, 1.82) is 0 Å². The van der Waals surface area contributed by atoms with Crippen molar-refractivity contribution in [1.82, 2.24) is 21.0 Å². The highest BCUT2D eigenvalue weighted by Crippen LogP contribution is 2.33. The number of alkyl halides is 6. The Morgan fingerprint density at radius 2 is 1.75 bits per heavy atom. The van der Waals surface area contributed by atoms with E-state index in [1.165, 1.54) is 5.43 Å². The summed E-state index contributed by atoms with van der Waals surface area (Å²) in [6.45, 7) is 0. The molecule has 6 nitrogen and oxygen atoms in total. The van der Waals surface area contributed by atoms with Crippen molar-refractivity contribution in [3.8, 4) is 0 Å². The van der Waals surface area contributed by atoms with Gasteiger partial charge < -0.3 is 5.73 Å². The Balaban J connectivity index is 2.66. The van der Waals surface area contributed by atoms with Crippen LogP contribution in [0, 0.1) is 0 Å². The van der Waals surface area contributed by atoms with Crippen LogP contribution in [0.15, 0.2) is 4.99 Å². The first-order valence-electron chi connectivity index (χ1n) is 4.38. The number of nitrogens with zero attached hydrogens (tertiary/aromatic N) is 3. The standard InChI is InChI=1S/C6H4F6N6S2/c7-5(8,9)1(19)15-17-3(13)14-4-18-16-2(20-4)6(10,11)12/h(H,15,19)(H3,13,14,17,18). The zero-order chi connectivity index (χ0) is 15.6. The molecule has 4 N–H and O–H groups in total. The largest absolute Gasteiger partial charge is 0.445 e. The summed E-state index contributed by atoms with van der Waals surface area (Å²) in [6.07, 6.45) is -9.47. The number of thiocarbonyl (C=S) groups is 1. The van der Waals surface area contributed by atoms with Crippen molar-refractivity contribution in [3.05, 3.63) is 5.01 Å². The molecular weight excluding hydrogens is 334 g/mol. The lowest BCUT2D eigenvalue weighted by Crippen LogP contribution is -2.49. The summed E-state index contributed by atoms with van der Waals surface area (Å²) in [5, 5.41) is 4.11. The molecule has 0 saturated heterocycles. The van der Waals surface area contributed by atoms with E-state index in [1.54, 1.807) is 5.43 Å². The molecule has 0 aliphatic carbocycles. The predicted molar refractivity (Wildman–Crippen MR) is 61.1 cm³/mol. The van der Waals surface area contributed by atoms with E-state index in [4.69, 9.17) is 5.73 Å². The van der Waals surface area contributed by atoms with Crippen molar-refractivity contribution in [2.75, 3.05) is 0 Å². The molecule has 1 aromatic rings. The van der Waals surface area contributed by atoms with Crippen LogP contribution in [-0.4, -0.2) is 27.3 Å². The first kappa shape index (κ1) is 16.4. The number of aromatic nitrogens is 2. The van der Waals surface area contributed by atoms with Gasteiger partial charge in [-0.15, -0.1) is 10.2 Å². The molecule has 0 saturated carbocycles. The first-order valence-corrected chi connectivity index (χ1v) is 5.60. The molecule has 0 aliphatic rings. The van der Waals surface area contributed by atoms with Crippen LogP contribution in [-0.2, 0) is 6.18 Å². The monoisotopic (exact) mass is 338 g/mol. The molecule has 0 atom stereocenters. The Morgan fingerprint density at radius 1 is 1.15 bits per heavy atom. The van der Waals surface area contributed by atoms with Gasteiger partial charge in [-0.05, 0) is 0 Å². The molecule has 14 heteroatoms. The van der Waals surface area contributed by atoms with E-state index in [9.17, 15) is 26.3 Å². The van der Waals surface area contributed by atoms with E-state index in [0.717, 1.165) is 0 Å². The maximum atomic E-state index is 12.2. The first-order chi connectivity index (χ1) is 9.00. The van der Waals surface area contributed by atoms with Gasteiger partial charge in [0.05, 0.1) is 0 Å². The Kier molecular flexibility index (Phi) is 4.69. The van der Waals surface area contributed by atoms with E-state index in [0.29, 0.717) is 0 Å². The van der Waals surface area contributed by atoms with Crippen LogP contribution in [0.1, 0.15) is 5.01 Å². The highest BCUT2D eigenvalue weighted by Gasteiger charge is 2.36. The second kappa shape index (κ2) is 5.74. The fourth-order valence-corrected chi connectivity index (χ4v) is 1.34. The summed E-state index contributed by atoms with van der Waals surface area (Å²) in [7, 11) is 0. The highest BCUT2D eigenvalue weighted by molar-refractivity contribution is 7.80. The predicted octanol–water partition coefficient (Wildman–Crippen LogP) is 1.49. The molecular formula is C6H4F6N6S2. The molecule has 112 valence electrons. The molecule has 1 rings (SSSR count). The van der Waals surface area contributed by atoms with Crippen molar-refractivity contribution >= 4 is 39.6 Å². The lowest BCUT2D eigenvalue weighted by Gasteiger charge is -2.11. The van der Waals surface area contributed by atoms with E-state index in [-0.39, 0.29) is 11.3 Å². The SMILES string of the molecule is N/C(=N/c1nnc(C(F)(F)F)s1)NNC(=S)C(F)(F)F. The number of rotatable bonds is 1. The van der Waals surface area contributed by atoms with E-state index < -0.39 is 33.4 Å². The van der Waals surface area contributed by atoms with Gasteiger partial charge >= 0.3 is 12.4 Å². The van der Waals surface area contributed by atoms with Gasteiger partial charge in [0, 0.05) is 0 Å². The Morgan fingerprint density at radius 3 is 2.20 bits per heavy atom. The maximum Gasteiger partial charge on any atom is 0.445 e. The molecule has 0 amide bonds. The molecule has 0 aromatic carbocycles. The molecule has 1 aromatic heterocycles. The fourth-order valence-electron chi connectivity index (χ4n) is 0.698. The summed E-state index contributed by atoms with van der Waals surface area (Å²) in [5.41, 5.74) is 8.40. The van der Waals surface area contributed by atoms with Gasteiger partial charge in [-0.3, -0.25) is 10.9 Å². The summed E-state index contributed by atoms with van der Waals surface area (Å²) in [4.78, 5) is 1.76. The van der Waals surface area contributed by atoms with Gasteiger partial charge in [-0.2, -0.15) is 31.3 Å². The summed E-state index contributed by atoms with van der Waals surface area (Å²) in [6, 6.07) is 0. The van der Waals surface area contributed by atoms with Gasteiger partial charge in [0.2, 0.25) is 16.1 Å². The normalized spacial score (nSPS) is 13.2. The number of aliphatic imine (C=N–C) groups is 1. The molecule has 0 radical (unpaired) electrons. The molecule has 0 unspecified atom stereocenters. The van der Waals surface area contributed by atoms with Crippen LogP contribution in [0.25, 0.3) is 0 Å². The zero-order valence-corrected chi connectivity index (χ0v) is 10.6. The van der Waals surface area contributed by atoms with E-state index in [2.05, 4.69) is 27.4 Å². The quantitative estimate of drug-likeness (QED) is 0.236. The third-order valence-electron chi connectivity index (χ3n) is 1.43. The van der Waals surface area contributed by atoms with Crippen molar-refractivity contribution in [2.24, 2.45) is 10.7 Å². The van der Waals surface area contributed by atoms with E-state index in [1.807, 2.05) is 0 Å². The second-order valence-corrected chi connectivity index (χ2v) is 4.33. The number of guanidine groups is 1. The van der Waals surface area contributed by atoms with Crippen LogP contribution in [0.5, 0.6) is 0 Å². The number of nitrogens with two attached hydrogens (primary N) is 1. The number of hydrogen-bond acceptors (Lipinski definition) is 5. The third kappa shape index (κ3) is 4.76. The second-order valence-electron chi connectivity index (χ2n) is 2.96. The third-order valence-corrected chi connectivity index (χ3v) is 2.63. The lowest BCUT2D eigenvalue weighted by molar-refractivity contribution is -0.138. The van der Waals surface area contributed by atoms with Crippen molar-refractivity contribution < 1.29 is 26.3 Å². The number of nitrogens with one attached hydrogen (secondary N) is 2. The summed E-state index contributed by atoms with van der Waals surface area (Å²) >= 11 is 4.01. The van der Waals surface area contributed by atoms with Gasteiger partial charge in [0.1, 0.15) is 0 Å². The lowest BCUT2D eigenvalue weighted by atomic mass is 10.6. The molecule has 20 heavy (non-hydrogen) atoms. The van der Waals surface area contributed by atoms with Gasteiger partial charge in [0.15, 0.2) is 4.99 Å². The van der Waals surface area contributed by atoms with Crippen molar-refractivity contribution in [2.45, 2.75) is 12.4 Å². The topological polar surface area (TPSA) is 88.2 Å². The minimum absolute atomic E-state index is 0.0704.